The Morgan fingerprint density at radius 2 is 1.88 bits per heavy atom. The molecule has 0 aliphatic heterocycles. The highest BCUT2D eigenvalue weighted by Crippen LogP contribution is 2.37. The lowest BCUT2D eigenvalue weighted by Crippen LogP contribution is -2.33. The van der Waals surface area contributed by atoms with Gasteiger partial charge in [-0.05, 0) is 60.1 Å². The Morgan fingerprint density at radius 1 is 1.12 bits per heavy atom. The Balaban J connectivity index is 1.80. The second-order valence-electron chi connectivity index (χ2n) is 5.85. The third-order valence-corrected chi connectivity index (χ3v) is 5.01. The summed E-state index contributed by atoms with van der Waals surface area (Å²) in [7, 11) is 0. The van der Waals surface area contributed by atoms with Crippen molar-refractivity contribution in [3.05, 3.63) is 63.6 Å². The number of hydrogen-bond acceptors (Lipinski definition) is 1. The molecule has 6 heteroatoms. The molecule has 0 spiro atoms. The maximum Gasteiger partial charge on any atom is 0.461 e. The second kappa shape index (κ2) is 6.75. The van der Waals surface area contributed by atoms with Crippen LogP contribution in [0.5, 0.6) is 5.75 Å². The average Bonchev–Trinajstić information content (AvgIpc) is 2.54. The zero-order valence-electron chi connectivity index (χ0n) is 12.6. The molecule has 24 heavy (non-hydrogen) atoms. The first kappa shape index (κ1) is 17.3. The van der Waals surface area contributed by atoms with Crippen LogP contribution in [0.3, 0.4) is 0 Å². The highest BCUT2D eigenvalue weighted by molar-refractivity contribution is 9.10. The van der Waals surface area contributed by atoms with E-state index in [0.29, 0.717) is 0 Å². The van der Waals surface area contributed by atoms with Crippen molar-refractivity contribution in [2.45, 2.75) is 37.7 Å². The summed E-state index contributed by atoms with van der Waals surface area (Å²) in [4.78, 5) is 0. The Kier molecular flexibility index (Phi) is 4.85. The van der Waals surface area contributed by atoms with E-state index in [0.717, 1.165) is 29.3 Å². The summed E-state index contributed by atoms with van der Waals surface area (Å²) in [5.41, 5.74) is 3.30. The van der Waals surface area contributed by atoms with Gasteiger partial charge in [0.25, 0.3) is 0 Å². The van der Waals surface area contributed by atoms with Gasteiger partial charge in [-0.2, -0.15) is 17.6 Å². The molecule has 0 radical (unpaired) electrons. The Labute approximate surface area is 145 Å². The summed E-state index contributed by atoms with van der Waals surface area (Å²) < 4.78 is 56.0. The molecule has 0 heterocycles. The van der Waals surface area contributed by atoms with Crippen LogP contribution in [0, 0.1) is 0 Å². The molecular weight excluding hydrogens is 388 g/mol. The minimum absolute atomic E-state index is 0.149. The van der Waals surface area contributed by atoms with Gasteiger partial charge in [0.2, 0.25) is 0 Å². The molecule has 1 atom stereocenters. The first-order valence-electron chi connectivity index (χ1n) is 7.58. The molecule has 0 amide bonds. The van der Waals surface area contributed by atoms with Crippen molar-refractivity contribution in [1.29, 1.82) is 0 Å². The summed E-state index contributed by atoms with van der Waals surface area (Å²) in [6.07, 6.45) is -5.82. The van der Waals surface area contributed by atoms with Crippen molar-refractivity contribution in [3.63, 3.8) is 0 Å². The van der Waals surface area contributed by atoms with Gasteiger partial charge in [0.05, 0.1) is 0 Å². The molecule has 2 aromatic carbocycles. The van der Waals surface area contributed by atoms with E-state index < -0.39 is 12.5 Å². The molecule has 1 aliphatic carbocycles. The van der Waals surface area contributed by atoms with Gasteiger partial charge in [0.1, 0.15) is 5.75 Å². The van der Waals surface area contributed by atoms with Crippen molar-refractivity contribution in [3.8, 4) is 5.75 Å². The van der Waals surface area contributed by atoms with Crippen LogP contribution < -0.4 is 4.74 Å². The Bertz CT molecular complexity index is 733. The number of ether oxygens (including phenoxy) is 1. The fourth-order valence-corrected chi connectivity index (χ4v) is 3.68. The highest BCUT2D eigenvalue weighted by Gasteiger charge is 2.44. The monoisotopic (exact) mass is 402 g/mol. The molecule has 2 aromatic rings. The molecule has 0 unspecified atom stereocenters. The standard InChI is InChI=1S/C18H15BrF4O/c19-16-6-2-4-13-9-12(7-8-15(13)16)11-3-1-5-14(10-11)24-18(22,23)17(20)21/h1-6,10,12,17H,7-9H2/t12-/m1/s1. The van der Waals surface area contributed by atoms with Crippen molar-refractivity contribution in [1.82, 2.24) is 0 Å². The summed E-state index contributed by atoms with van der Waals surface area (Å²) in [5, 5.41) is 0. The van der Waals surface area contributed by atoms with Crippen LogP contribution in [0.1, 0.15) is 29.0 Å². The third-order valence-electron chi connectivity index (χ3n) is 4.26. The molecule has 1 nitrogen and oxygen atoms in total. The van der Waals surface area contributed by atoms with E-state index in [1.807, 2.05) is 18.2 Å². The van der Waals surface area contributed by atoms with Crippen LogP contribution in [0.4, 0.5) is 17.6 Å². The van der Waals surface area contributed by atoms with E-state index in [2.05, 4.69) is 26.7 Å². The second-order valence-corrected chi connectivity index (χ2v) is 6.71. The predicted octanol–water partition coefficient (Wildman–Crippen LogP) is 5.96. The minimum Gasteiger partial charge on any atom is -0.428 e. The smallest absolute Gasteiger partial charge is 0.428 e. The number of rotatable bonds is 4. The van der Waals surface area contributed by atoms with Crippen molar-refractivity contribution < 1.29 is 22.3 Å². The number of hydrogen-bond donors (Lipinski definition) is 0. The topological polar surface area (TPSA) is 9.23 Å². The average molecular weight is 403 g/mol. The lowest BCUT2D eigenvalue weighted by atomic mass is 9.80. The van der Waals surface area contributed by atoms with Gasteiger partial charge in [0, 0.05) is 4.47 Å². The molecule has 1 aliphatic rings. The molecular formula is C18H15BrF4O. The van der Waals surface area contributed by atoms with Gasteiger partial charge in [-0.25, -0.2) is 0 Å². The summed E-state index contributed by atoms with van der Waals surface area (Å²) >= 11 is 3.54. The summed E-state index contributed by atoms with van der Waals surface area (Å²) in [6.45, 7) is 0. The molecule has 0 fully saturated rings. The van der Waals surface area contributed by atoms with E-state index in [1.54, 1.807) is 6.07 Å². The first-order valence-corrected chi connectivity index (χ1v) is 8.37. The van der Waals surface area contributed by atoms with E-state index in [-0.39, 0.29) is 11.7 Å². The van der Waals surface area contributed by atoms with Crippen LogP contribution in [0.15, 0.2) is 46.9 Å². The Morgan fingerprint density at radius 3 is 2.62 bits per heavy atom. The van der Waals surface area contributed by atoms with Crippen LogP contribution in [-0.4, -0.2) is 12.5 Å². The van der Waals surface area contributed by atoms with Gasteiger partial charge in [-0.15, -0.1) is 0 Å². The van der Waals surface area contributed by atoms with Gasteiger partial charge in [-0.1, -0.05) is 40.2 Å². The van der Waals surface area contributed by atoms with Crippen molar-refractivity contribution in [2.24, 2.45) is 0 Å². The third kappa shape index (κ3) is 3.58. The van der Waals surface area contributed by atoms with Gasteiger partial charge in [-0.3, -0.25) is 0 Å². The first-order chi connectivity index (χ1) is 11.4. The number of alkyl halides is 4. The van der Waals surface area contributed by atoms with Crippen molar-refractivity contribution >= 4 is 15.9 Å². The summed E-state index contributed by atoms with van der Waals surface area (Å²) in [5.74, 6) is -0.0895. The zero-order valence-corrected chi connectivity index (χ0v) is 14.2. The van der Waals surface area contributed by atoms with E-state index in [4.69, 9.17) is 0 Å². The maximum absolute atomic E-state index is 13.1. The van der Waals surface area contributed by atoms with E-state index in [1.165, 1.54) is 23.3 Å². The normalized spacial score (nSPS) is 17.7. The summed E-state index contributed by atoms with van der Waals surface area (Å²) in [6, 6.07) is 12.1. The van der Waals surface area contributed by atoms with Crippen LogP contribution in [0.25, 0.3) is 0 Å². The van der Waals surface area contributed by atoms with Gasteiger partial charge < -0.3 is 4.74 Å². The van der Waals surface area contributed by atoms with E-state index in [9.17, 15) is 17.6 Å². The molecule has 0 aromatic heterocycles. The maximum atomic E-state index is 13.1. The molecule has 0 N–H and O–H groups in total. The lowest BCUT2D eigenvalue weighted by Gasteiger charge is -2.26. The fourth-order valence-electron chi connectivity index (χ4n) is 3.08. The lowest BCUT2D eigenvalue weighted by molar-refractivity contribution is -0.253. The molecule has 0 saturated carbocycles. The minimum atomic E-state index is -4.48. The van der Waals surface area contributed by atoms with Crippen LogP contribution in [0.2, 0.25) is 0 Å². The number of benzene rings is 2. The number of halogens is 5. The largest absolute Gasteiger partial charge is 0.461 e. The quantitative estimate of drug-likeness (QED) is 0.573. The Hall–Kier alpha value is -1.56. The fraction of sp³-hybridized carbons (Fsp3) is 0.333. The van der Waals surface area contributed by atoms with E-state index >= 15 is 0 Å². The van der Waals surface area contributed by atoms with Crippen LogP contribution in [-0.2, 0) is 12.8 Å². The van der Waals surface area contributed by atoms with Crippen molar-refractivity contribution in [2.75, 3.05) is 0 Å². The molecule has 3 rings (SSSR count). The SMILES string of the molecule is FC(F)C(F)(F)Oc1cccc([C@@H]2CCc3c(Br)cccc3C2)c1. The van der Waals surface area contributed by atoms with Gasteiger partial charge >= 0.3 is 12.5 Å². The number of fused-ring (bicyclic) bond motifs is 1. The zero-order chi connectivity index (χ0) is 17.3. The van der Waals surface area contributed by atoms with Crippen LogP contribution >= 0.6 is 15.9 Å². The predicted molar refractivity (Wildman–Crippen MR) is 86.9 cm³/mol. The molecule has 0 bridgehead atoms. The van der Waals surface area contributed by atoms with Gasteiger partial charge in [0.15, 0.2) is 0 Å². The molecule has 0 saturated heterocycles. The molecule has 128 valence electrons. The highest BCUT2D eigenvalue weighted by atomic mass is 79.9.